The zero-order chi connectivity index (χ0) is 13.2. The summed E-state index contributed by atoms with van der Waals surface area (Å²) in [7, 11) is 0. The van der Waals surface area contributed by atoms with Crippen molar-refractivity contribution in [3.63, 3.8) is 0 Å². The van der Waals surface area contributed by atoms with Crippen molar-refractivity contribution < 1.29 is 0 Å². The average Bonchev–Trinajstić information content (AvgIpc) is 3.15. The third-order valence-electron chi connectivity index (χ3n) is 3.42. The minimum Gasteiger partial charge on any atom is -0.310 e. The SMILES string of the molecule is CC(C)NCc1cnc(-c2cccc(C3CC3)c2)s1. The van der Waals surface area contributed by atoms with Crippen LogP contribution in [0.15, 0.2) is 30.5 Å². The predicted molar refractivity (Wildman–Crippen MR) is 81.5 cm³/mol. The van der Waals surface area contributed by atoms with E-state index in [4.69, 9.17) is 0 Å². The summed E-state index contributed by atoms with van der Waals surface area (Å²) in [6.07, 6.45) is 4.70. The normalized spacial score (nSPS) is 15.1. The molecule has 0 atom stereocenters. The number of hydrogen-bond acceptors (Lipinski definition) is 3. The van der Waals surface area contributed by atoms with E-state index < -0.39 is 0 Å². The highest BCUT2D eigenvalue weighted by atomic mass is 32.1. The third-order valence-corrected chi connectivity index (χ3v) is 4.47. The van der Waals surface area contributed by atoms with Crippen molar-refractivity contribution in [1.82, 2.24) is 10.3 Å². The van der Waals surface area contributed by atoms with Gasteiger partial charge in [-0.05, 0) is 30.4 Å². The van der Waals surface area contributed by atoms with Gasteiger partial charge in [0.25, 0.3) is 0 Å². The molecule has 1 aliphatic rings. The van der Waals surface area contributed by atoms with Gasteiger partial charge in [0.15, 0.2) is 0 Å². The molecule has 100 valence electrons. The third kappa shape index (κ3) is 3.23. The van der Waals surface area contributed by atoms with Crippen LogP contribution >= 0.6 is 11.3 Å². The summed E-state index contributed by atoms with van der Waals surface area (Å²) in [4.78, 5) is 5.87. The molecular formula is C16H20N2S. The van der Waals surface area contributed by atoms with Gasteiger partial charge in [0.05, 0.1) is 0 Å². The van der Waals surface area contributed by atoms with E-state index in [9.17, 15) is 0 Å². The summed E-state index contributed by atoms with van der Waals surface area (Å²) < 4.78 is 0. The van der Waals surface area contributed by atoms with Crippen molar-refractivity contribution >= 4 is 11.3 Å². The molecule has 1 aliphatic carbocycles. The van der Waals surface area contributed by atoms with E-state index in [1.165, 1.54) is 28.8 Å². The predicted octanol–water partition coefficient (Wildman–Crippen LogP) is 4.19. The average molecular weight is 272 g/mol. The Morgan fingerprint density at radius 3 is 2.95 bits per heavy atom. The molecule has 0 amide bonds. The lowest BCUT2D eigenvalue weighted by atomic mass is 10.1. The van der Waals surface area contributed by atoms with Crippen molar-refractivity contribution in [2.75, 3.05) is 0 Å². The monoisotopic (exact) mass is 272 g/mol. The minimum atomic E-state index is 0.517. The molecule has 2 nitrogen and oxygen atoms in total. The van der Waals surface area contributed by atoms with Gasteiger partial charge in [0, 0.05) is 29.2 Å². The first-order valence-electron chi connectivity index (χ1n) is 7.01. The molecule has 19 heavy (non-hydrogen) atoms. The number of hydrogen-bond donors (Lipinski definition) is 1. The van der Waals surface area contributed by atoms with Crippen LogP contribution in [0.1, 0.15) is 43.0 Å². The van der Waals surface area contributed by atoms with Gasteiger partial charge in [-0.15, -0.1) is 11.3 Å². The largest absolute Gasteiger partial charge is 0.310 e. The highest BCUT2D eigenvalue weighted by Gasteiger charge is 2.23. The maximum absolute atomic E-state index is 4.56. The van der Waals surface area contributed by atoms with E-state index in [-0.39, 0.29) is 0 Å². The van der Waals surface area contributed by atoms with Gasteiger partial charge in [-0.3, -0.25) is 0 Å². The number of rotatable bonds is 5. The molecule has 1 N–H and O–H groups in total. The van der Waals surface area contributed by atoms with Crippen molar-refractivity contribution in [3.05, 3.63) is 40.9 Å². The van der Waals surface area contributed by atoms with Gasteiger partial charge in [-0.2, -0.15) is 0 Å². The van der Waals surface area contributed by atoms with Crippen LogP contribution in [-0.2, 0) is 6.54 Å². The van der Waals surface area contributed by atoms with E-state index in [0.717, 1.165) is 17.5 Å². The van der Waals surface area contributed by atoms with E-state index >= 15 is 0 Å². The van der Waals surface area contributed by atoms with Gasteiger partial charge in [-0.25, -0.2) is 4.98 Å². The Hall–Kier alpha value is -1.19. The highest BCUT2D eigenvalue weighted by Crippen LogP contribution is 2.41. The molecule has 0 spiro atoms. The van der Waals surface area contributed by atoms with Crippen LogP contribution in [0, 0.1) is 0 Å². The van der Waals surface area contributed by atoms with Crippen LogP contribution in [-0.4, -0.2) is 11.0 Å². The molecule has 0 saturated heterocycles. The molecule has 1 heterocycles. The van der Waals surface area contributed by atoms with Crippen molar-refractivity contribution in [3.8, 4) is 10.6 Å². The molecular weight excluding hydrogens is 252 g/mol. The maximum atomic E-state index is 4.56. The van der Waals surface area contributed by atoms with Crippen LogP contribution in [0.4, 0.5) is 0 Å². The first-order chi connectivity index (χ1) is 9.22. The van der Waals surface area contributed by atoms with E-state index in [1.807, 2.05) is 6.20 Å². The van der Waals surface area contributed by atoms with Gasteiger partial charge in [-0.1, -0.05) is 32.0 Å². The molecule has 2 aromatic rings. The standard InChI is InChI=1S/C16H20N2S/c1-11(2)17-9-15-10-18-16(19-15)14-5-3-4-13(8-14)12-6-7-12/h3-5,8,10-12,17H,6-7,9H2,1-2H3. The van der Waals surface area contributed by atoms with Crippen molar-refractivity contribution in [1.29, 1.82) is 0 Å². The fourth-order valence-electron chi connectivity index (χ4n) is 2.17. The molecule has 0 aliphatic heterocycles. The lowest BCUT2D eigenvalue weighted by molar-refractivity contribution is 0.593. The molecule has 0 bridgehead atoms. The van der Waals surface area contributed by atoms with Crippen LogP contribution in [0.3, 0.4) is 0 Å². The number of aromatic nitrogens is 1. The quantitative estimate of drug-likeness (QED) is 0.883. The van der Waals surface area contributed by atoms with E-state index in [0.29, 0.717) is 6.04 Å². The number of nitrogens with zero attached hydrogens (tertiary/aromatic N) is 1. The first kappa shape index (κ1) is 12.8. The Labute approximate surface area is 118 Å². The second kappa shape index (κ2) is 5.43. The smallest absolute Gasteiger partial charge is 0.123 e. The van der Waals surface area contributed by atoms with Crippen LogP contribution in [0.5, 0.6) is 0 Å². The lowest BCUT2D eigenvalue weighted by Crippen LogP contribution is -2.21. The maximum Gasteiger partial charge on any atom is 0.123 e. The van der Waals surface area contributed by atoms with E-state index in [1.54, 1.807) is 11.3 Å². The Morgan fingerprint density at radius 1 is 1.37 bits per heavy atom. The fourth-order valence-corrected chi connectivity index (χ4v) is 3.03. The Kier molecular flexibility index (Phi) is 3.67. The summed E-state index contributed by atoms with van der Waals surface area (Å²) >= 11 is 1.80. The molecule has 1 aromatic heterocycles. The zero-order valence-corrected chi connectivity index (χ0v) is 12.3. The second-order valence-corrected chi connectivity index (χ2v) is 6.68. The number of benzene rings is 1. The van der Waals surface area contributed by atoms with Crippen LogP contribution < -0.4 is 5.32 Å². The minimum absolute atomic E-state index is 0.517. The fraction of sp³-hybridized carbons (Fsp3) is 0.438. The van der Waals surface area contributed by atoms with Crippen LogP contribution in [0.2, 0.25) is 0 Å². The number of nitrogens with one attached hydrogen (secondary N) is 1. The lowest BCUT2D eigenvalue weighted by Gasteiger charge is -2.04. The van der Waals surface area contributed by atoms with E-state index in [2.05, 4.69) is 48.4 Å². The van der Waals surface area contributed by atoms with Gasteiger partial charge < -0.3 is 5.32 Å². The summed E-state index contributed by atoms with van der Waals surface area (Å²) in [6.45, 7) is 5.25. The Bertz CT molecular complexity index is 555. The first-order valence-corrected chi connectivity index (χ1v) is 7.82. The van der Waals surface area contributed by atoms with Crippen molar-refractivity contribution in [2.45, 2.75) is 45.2 Å². The summed E-state index contributed by atoms with van der Waals surface area (Å²) in [5.74, 6) is 0.807. The Morgan fingerprint density at radius 2 is 2.21 bits per heavy atom. The topological polar surface area (TPSA) is 24.9 Å². The van der Waals surface area contributed by atoms with Gasteiger partial charge in [0.2, 0.25) is 0 Å². The van der Waals surface area contributed by atoms with Gasteiger partial charge in [0.1, 0.15) is 5.01 Å². The molecule has 1 aromatic carbocycles. The second-order valence-electron chi connectivity index (χ2n) is 5.57. The zero-order valence-electron chi connectivity index (χ0n) is 11.5. The van der Waals surface area contributed by atoms with Gasteiger partial charge >= 0.3 is 0 Å². The summed E-state index contributed by atoms with van der Waals surface area (Å²) in [5, 5.41) is 4.58. The molecule has 3 heteroatoms. The molecule has 1 saturated carbocycles. The molecule has 1 fully saturated rings. The van der Waals surface area contributed by atoms with Crippen LogP contribution in [0.25, 0.3) is 10.6 Å². The summed E-state index contributed by atoms with van der Waals surface area (Å²) in [6, 6.07) is 9.41. The molecule has 0 unspecified atom stereocenters. The van der Waals surface area contributed by atoms with Crippen molar-refractivity contribution in [2.24, 2.45) is 0 Å². The summed E-state index contributed by atoms with van der Waals surface area (Å²) in [5.41, 5.74) is 2.75. The Balaban J connectivity index is 1.76. The molecule has 0 radical (unpaired) electrons. The molecule has 3 rings (SSSR count). The number of thiazole rings is 1. The highest BCUT2D eigenvalue weighted by molar-refractivity contribution is 7.15.